The number of aromatic nitrogens is 1. The number of benzene rings is 2. The van der Waals surface area contributed by atoms with Crippen LogP contribution >= 0.6 is 0 Å². The smallest absolute Gasteiger partial charge is 0.258 e. The summed E-state index contributed by atoms with van der Waals surface area (Å²) in [5.74, 6) is -0.136. The monoisotopic (exact) mass is 292 g/mol. The second kappa shape index (κ2) is 5.85. The van der Waals surface area contributed by atoms with Crippen molar-refractivity contribution in [3.8, 4) is 0 Å². The van der Waals surface area contributed by atoms with Gasteiger partial charge in [-0.2, -0.15) is 0 Å². The number of pyridine rings is 1. The fraction of sp³-hybridized carbons (Fsp3) is 0.111. The molecule has 0 spiro atoms. The van der Waals surface area contributed by atoms with Crippen molar-refractivity contribution < 1.29 is 4.79 Å². The van der Waals surface area contributed by atoms with Gasteiger partial charge in [-0.3, -0.25) is 9.59 Å². The zero-order valence-corrected chi connectivity index (χ0v) is 12.3. The van der Waals surface area contributed by atoms with Crippen LogP contribution in [-0.4, -0.2) is 17.5 Å². The summed E-state index contributed by atoms with van der Waals surface area (Å²) in [6.07, 6.45) is 1.67. The normalized spacial score (nSPS) is 10.6. The van der Waals surface area contributed by atoms with E-state index in [4.69, 9.17) is 0 Å². The molecular formula is C18H16N2O2. The van der Waals surface area contributed by atoms with Crippen molar-refractivity contribution >= 4 is 22.4 Å². The predicted octanol–water partition coefficient (Wildman–Crippen LogP) is 2.66. The zero-order chi connectivity index (χ0) is 15.5. The van der Waals surface area contributed by atoms with Crippen molar-refractivity contribution in [2.45, 2.75) is 6.54 Å². The van der Waals surface area contributed by atoms with E-state index in [0.29, 0.717) is 5.39 Å². The van der Waals surface area contributed by atoms with Crippen molar-refractivity contribution in [2.75, 3.05) is 11.9 Å². The zero-order valence-electron chi connectivity index (χ0n) is 12.3. The molecule has 1 heterocycles. The van der Waals surface area contributed by atoms with Crippen LogP contribution in [0, 0.1) is 0 Å². The van der Waals surface area contributed by atoms with E-state index in [0.717, 1.165) is 11.1 Å². The molecule has 0 saturated carbocycles. The SMILES string of the molecule is CN(C(=O)Cn1ccc2ccccc2c1=O)c1ccccc1. The first kappa shape index (κ1) is 14.1. The van der Waals surface area contributed by atoms with E-state index in [-0.39, 0.29) is 18.0 Å². The van der Waals surface area contributed by atoms with Crippen LogP contribution in [0.25, 0.3) is 10.8 Å². The average molecular weight is 292 g/mol. The van der Waals surface area contributed by atoms with Gasteiger partial charge in [0, 0.05) is 24.3 Å². The van der Waals surface area contributed by atoms with Crippen LogP contribution in [0.5, 0.6) is 0 Å². The number of anilines is 1. The van der Waals surface area contributed by atoms with E-state index in [1.54, 1.807) is 24.2 Å². The van der Waals surface area contributed by atoms with Gasteiger partial charge >= 0.3 is 0 Å². The van der Waals surface area contributed by atoms with Crippen molar-refractivity contribution in [1.82, 2.24) is 4.57 Å². The Morgan fingerprint density at radius 3 is 2.45 bits per heavy atom. The van der Waals surface area contributed by atoms with Crippen LogP contribution in [0.2, 0.25) is 0 Å². The summed E-state index contributed by atoms with van der Waals surface area (Å²) >= 11 is 0. The van der Waals surface area contributed by atoms with E-state index in [1.807, 2.05) is 54.6 Å². The number of para-hydroxylation sites is 1. The van der Waals surface area contributed by atoms with E-state index in [9.17, 15) is 9.59 Å². The molecule has 1 amide bonds. The topological polar surface area (TPSA) is 42.3 Å². The number of fused-ring (bicyclic) bond motifs is 1. The summed E-state index contributed by atoms with van der Waals surface area (Å²) < 4.78 is 1.45. The van der Waals surface area contributed by atoms with Crippen LogP contribution in [0.15, 0.2) is 71.7 Å². The number of likely N-dealkylation sites (N-methyl/N-ethyl adjacent to an activating group) is 1. The minimum atomic E-state index is -0.145. The van der Waals surface area contributed by atoms with Gasteiger partial charge in [-0.05, 0) is 29.7 Å². The highest BCUT2D eigenvalue weighted by Crippen LogP contribution is 2.12. The van der Waals surface area contributed by atoms with Crippen molar-refractivity contribution in [2.24, 2.45) is 0 Å². The summed E-state index contributed by atoms with van der Waals surface area (Å²) in [6, 6.07) is 18.6. The molecule has 0 aliphatic carbocycles. The highest BCUT2D eigenvalue weighted by atomic mass is 16.2. The molecular weight excluding hydrogens is 276 g/mol. The molecule has 3 rings (SSSR count). The number of hydrogen-bond acceptors (Lipinski definition) is 2. The second-order valence-corrected chi connectivity index (χ2v) is 5.12. The lowest BCUT2D eigenvalue weighted by Gasteiger charge is -2.18. The van der Waals surface area contributed by atoms with Gasteiger partial charge < -0.3 is 9.47 Å². The van der Waals surface area contributed by atoms with Gasteiger partial charge in [-0.15, -0.1) is 0 Å². The fourth-order valence-electron chi connectivity index (χ4n) is 2.40. The van der Waals surface area contributed by atoms with Gasteiger partial charge in [0.2, 0.25) is 5.91 Å². The Balaban J connectivity index is 1.89. The first-order chi connectivity index (χ1) is 10.7. The Hall–Kier alpha value is -2.88. The lowest BCUT2D eigenvalue weighted by Crippen LogP contribution is -2.33. The van der Waals surface area contributed by atoms with Crippen molar-refractivity contribution in [3.63, 3.8) is 0 Å². The molecule has 2 aromatic carbocycles. The first-order valence-corrected chi connectivity index (χ1v) is 7.06. The molecule has 0 radical (unpaired) electrons. The van der Waals surface area contributed by atoms with Crippen molar-refractivity contribution in [3.05, 3.63) is 77.2 Å². The van der Waals surface area contributed by atoms with Gasteiger partial charge in [-0.25, -0.2) is 0 Å². The Bertz CT molecular complexity index is 869. The number of hydrogen-bond donors (Lipinski definition) is 0. The minimum absolute atomic E-state index is 0.0229. The van der Waals surface area contributed by atoms with Crippen LogP contribution in [0.1, 0.15) is 0 Å². The summed E-state index contributed by atoms with van der Waals surface area (Å²) in [5.41, 5.74) is 0.661. The Morgan fingerprint density at radius 1 is 1.00 bits per heavy atom. The maximum atomic E-state index is 12.4. The average Bonchev–Trinajstić information content (AvgIpc) is 2.57. The van der Waals surface area contributed by atoms with Gasteiger partial charge in [-0.1, -0.05) is 36.4 Å². The largest absolute Gasteiger partial charge is 0.314 e. The first-order valence-electron chi connectivity index (χ1n) is 7.06. The Labute approximate surface area is 128 Å². The van der Waals surface area contributed by atoms with Gasteiger partial charge in [0.1, 0.15) is 6.54 Å². The Morgan fingerprint density at radius 2 is 1.68 bits per heavy atom. The number of carbonyl (C=O) groups is 1. The summed E-state index contributed by atoms with van der Waals surface area (Å²) in [6.45, 7) is 0.0229. The van der Waals surface area contributed by atoms with E-state index in [1.165, 1.54) is 4.57 Å². The molecule has 110 valence electrons. The minimum Gasteiger partial charge on any atom is -0.314 e. The molecule has 0 aliphatic heterocycles. The molecule has 4 heteroatoms. The summed E-state index contributed by atoms with van der Waals surface area (Å²) in [5, 5.41) is 1.51. The molecule has 0 aliphatic rings. The molecule has 0 fully saturated rings. The van der Waals surface area contributed by atoms with Crippen LogP contribution in [-0.2, 0) is 11.3 Å². The quantitative estimate of drug-likeness (QED) is 0.745. The number of rotatable bonds is 3. The highest BCUT2D eigenvalue weighted by Gasteiger charge is 2.12. The molecule has 1 aromatic heterocycles. The molecule has 4 nitrogen and oxygen atoms in total. The third-order valence-electron chi connectivity index (χ3n) is 3.71. The lowest BCUT2D eigenvalue weighted by atomic mass is 10.2. The number of nitrogens with zero attached hydrogens (tertiary/aromatic N) is 2. The molecule has 0 atom stereocenters. The van der Waals surface area contributed by atoms with Gasteiger partial charge in [0.15, 0.2) is 0 Å². The highest BCUT2D eigenvalue weighted by molar-refractivity contribution is 5.92. The van der Waals surface area contributed by atoms with E-state index >= 15 is 0 Å². The van der Waals surface area contributed by atoms with Crippen LogP contribution < -0.4 is 10.5 Å². The molecule has 3 aromatic rings. The van der Waals surface area contributed by atoms with Crippen LogP contribution in [0.3, 0.4) is 0 Å². The van der Waals surface area contributed by atoms with Crippen LogP contribution in [0.4, 0.5) is 5.69 Å². The maximum Gasteiger partial charge on any atom is 0.258 e. The third kappa shape index (κ3) is 2.63. The second-order valence-electron chi connectivity index (χ2n) is 5.12. The summed E-state index contributed by atoms with van der Waals surface area (Å²) in [7, 11) is 1.71. The molecule has 22 heavy (non-hydrogen) atoms. The van der Waals surface area contributed by atoms with Crippen molar-refractivity contribution in [1.29, 1.82) is 0 Å². The summed E-state index contributed by atoms with van der Waals surface area (Å²) in [4.78, 5) is 26.3. The number of carbonyl (C=O) groups excluding carboxylic acids is 1. The standard InChI is InChI=1S/C18H16N2O2/c1-19(15-8-3-2-4-9-15)17(21)13-20-12-11-14-7-5-6-10-16(14)18(20)22/h2-12H,13H2,1H3. The lowest BCUT2D eigenvalue weighted by molar-refractivity contribution is -0.118. The number of amides is 1. The fourth-order valence-corrected chi connectivity index (χ4v) is 2.40. The van der Waals surface area contributed by atoms with E-state index in [2.05, 4.69) is 0 Å². The predicted molar refractivity (Wildman–Crippen MR) is 88.1 cm³/mol. The van der Waals surface area contributed by atoms with Gasteiger partial charge in [0.05, 0.1) is 0 Å². The van der Waals surface area contributed by atoms with Gasteiger partial charge in [0.25, 0.3) is 5.56 Å². The Kier molecular flexibility index (Phi) is 3.74. The maximum absolute atomic E-state index is 12.4. The molecule has 0 saturated heterocycles. The molecule has 0 bridgehead atoms. The molecule has 0 unspecified atom stereocenters. The molecule has 0 N–H and O–H groups in total. The third-order valence-corrected chi connectivity index (χ3v) is 3.71. The van der Waals surface area contributed by atoms with E-state index < -0.39 is 0 Å².